The van der Waals surface area contributed by atoms with Crippen LogP contribution in [0.4, 0.5) is 0 Å². The fourth-order valence-electron chi connectivity index (χ4n) is 2.91. The second-order valence-corrected chi connectivity index (χ2v) is 6.47. The number of nitrogens with zero attached hydrogens (tertiary/aromatic N) is 1. The maximum Gasteiger partial charge on any atom is 0.260 e. The predicted molar refractivity (Wildman–Crippen MR) is 107 cm³/mol. The Labute approximate surface area is 165 Å². The first-order valence-corrected chi connectivity index (χ1v) is 9.16. The molecule has 148 valence electrons. The molecule has 1 unspecified atom stereocenters. The van der Waals surface area contributed by atoms with E-state index >= 15 is 0 Å². The molecule has 1 aliphatic rings. The van der Waals surface area contributed by atoms with E-state index < -0.39 is 0 Å². The summed E-state index contributed by atoms with van der Waals surface area (Å²) in [6.45, 7) is 2.68. The van der Waals surface area contributed by atoms with E-state index in [-0.39, 0.29) is 18.6 Å². The number of amides is 1. The first-order valence-electron chi connectivity index (χ1n) is 9.16. The predicted octanol–water partition coefficient (Wildman–Crippen LogP) is 3.41. The minimum absolute atomic E-state index is 0.0833. The zero-order chi connectivity index (χ0) is 19.9. The van der Waals surface area contributed by atoms with Gasteiger partial charge in [0.1, 0.15) is 6.61 Å². The number of hydrogen-bond acceptors (Lipinski definition) is 5. The zero-order valence-corrected chi connectivity index (χ0v) is 16.4. The third-order valence-corrected chi connectivity index (χ3v) is 4.37. The number of rotatable bonds is 7. The molecule has 0 radical (unpaired) electrons. The van der Waals surface area contributed by atoms with E-state index in [9.17, 15) is 4.79 Å². The fourth-order valence-corrected chi connectivity index (χ4v) is 2.91. The Hall–Kier alpha value is -3.15. The van der Waals surface area contributed by atoms with Crippen molar-refractivity contribution in [2.75, 3.05) is 33.9 Å². The van der Waals surface area contributed by atoms with E-state index in [1.54, 1.807) is 25.1 Å². The summed E-state index contributed by atoms with van der Waals surface area (Å²) in [5.41, 5.74) is 1.00. The Balaban J connectivity index is 1.54. The summed E-state index contributed by atoms with van der Waals surface area (Å²) < 4.78 is 22.6. The van der Waals surface area contributed by atoms with Crippen LogP contribution in [-0.4, -0.2) is 50.8 Å². The topological polar surface area (TPSA) is 57.2 Å². The lowest BCUT2D eigenvalue weighted by Gasteiger charge is -2.29. The summed E-state index contributed by atoms with van der Waals surface area (Å²) in [5.74, 6) is 2.39. The van der Waals surface area contributed by atoms with E-state index in [1.165, 1.54) is 0 Å². The molecule has 0 aromatic heterocycles. The Kier molecular flexibility index (Phi) is 6.42. The number of para-hydroxylation sites is 2. The highest BCUT2D eigenvalue weighted by molar-refractivity contribution is 5.77. The van der Waals surface area contributed by atoms with Crippen LogP contribution in [0.5, 0.6) is 23.0 Å². The third kappa shape index (κ3) is 4.76. The number of ether oxygens (including phenoxy) is 4. The number of allylic oxidation sites excluding steroid dienone is 1. The molecule has 0 bridgehead atoms. The second kappa shape index (κ2) is 9.17. The number of carbonyl (C=O) groups excluding carboxylic acids is 1. The maximum atomic E-state index is 12.5. The van der Waals surface area contributed by atoms with Gasteiger partial charge in [-0.05, 0) is 36.8 Å². The Morgan fingerprint density at radius 3 is 2.75 bits per heavy atom. The van der Waals surface area contributed by atoms with E-state index in [4.69, 9.17) is 18.9 Å². The Bertz CT molecular complexity index is 849. The van der Waals surface area contributed by atoms with Crippen LogP contribution in [0, 0.1) is 0 Å². The van der Waals surface area contributed by atoms with Gasteiger partial charge in [-0.25, -0.2) is 0 Å². The Morgan fingerprint density at radius 1 is 1.21 bits per heavy atom. The van der Waals surface area contributed by atoms with Gasteiger partial charge in [-0.2, -0.15) is 0 Å². The van der Waals surface area contributed by atoms with E-state index in [2.05, 4.69) is 0 Å². The van der Waals surface area contributed by atoms with Crippen LogP contribution in [0.3, 0.4) is 0 Å². The molecule has 6 nitrogen and oxygen atoms in total. The molecule has 2 aromatic rings. The van der Waals surface area contributed by atoms with Crippen molar-refractivity contribution < 1.29 is 23.7 Å². The number of fused-ring (bicyclic) bond motifs is 1. The lowest BCUT2D eigenvalue weighted by Crippen LogP contribution is -2.43. The molecule has 28 heavy (non-hydrogen) atoms. The van der Waals surface area contributed by atoms with Crippen molar-refractivity contribution in [2.24, 2.45) is 0 Å². The molecule has 1 amide bonds. The molecule has 1 heterocycles. The van der Waals surface area contributed by atoms with Crippen molar-refractivity contribution in [3.63, 3.8) is 0 Å². The average Bonchev–Trinajstić information content (AvgIpc) is 2.72. The van der Waals surface area contributed by atoms with E-state index in [0.29, 0.717) is 30.4 Å². The van der Waals surface area contributed by atoms with Gasteiger partial charge in [-0.1, -0.05) is 30.4 Å². The molecule has 2 aromatic carbocycles. The van der Waals surface area contributed by atoms with Gasteiger partial charge in [0.2, 0.25) is 0 Å². The highest BCUT2D eigenvalue weighted by atomic mass is 16.6. The third-order valence-electron chi connectivity index (χ3n) is 4.37. The second-order valence-electron chi connectivity index (χ2n) is 6.47. The molecule has 0 saturated carbocycles. The Morgan fingerprint density at radius 2 is 2.00 bits per heavy atom. The van der Waals surface area contributed by atoms with Crippen molar-refractivity contribution in [3.05, 3.63) is 54.1 Å². The first kappa shape index (κ1) is 19.6. The summed E-state index contributed by atoms with van der Waals surface area (Å²) in [4.78, 5) is 14.0. The molecule has 0 aliphatic carbocycles. The van der Waals surface area contributed by atoms with Crippen LogP contribution < -0.4 is 18.9 Å². The van der Waals surface area contributed by atoms with Crippen LogP contribution in [0.2, 0.25) is 0 Å². The van der Waals surface area contributed by atoms with Gasteiger partial charge in [0, 0.05) is 7.05 Å². The summed E-state index contributed by atoms with van der Waals surface area (Å²) in [5, 5.41) is 0. The van der Waals surface area contributed by atoms with Gasteiger partial charge in [0.15, 0.2) is 35.7 Å². The molecule has 0 N–H and O–H groups in total. The molecule has 0 fully saturated rings. The monoisotopic (exact) mass is 383 g/mol. The smallest absolute Gasteiger partial charge is 0.260 e. The van der Waals surface area contributed by atoms with Crippen molar-refractivity contribution in [1.82, 2.24) is 4.90 Å². The normalized spacial score (nSPS) is 15.3. The summed E-state index contributed by atoms with van der Waals surface area (Å²) in [6.07, 6.45) is 3.69. The summed E-state index contributed by atoms with van der Waals surface area (Å²) in [7, 11) is 3.30. The minimum atomic E-state index is -0.224. The van der Waals surface area contributed by atoms with Crippen molar-refractivity contribution >= 4 is 12.0 Å². The number of methoxy groups -OCH3 is 1. The summed E-state index contributed by atoms with van der Waals surface area (Å²) in [6, 6.07) is 13.1. The van der Waals surface area contributed by atoms with Gasteiger partial charge in [0.05, 0.1) is 13.7 Å². The average molecular weight is 383 g/mol. The highest BCUT2D eigenvalue weighted by Crippen LogP contribution is 2.31. The van der Waals surface area contributed by atoms with E-state index in [0.717, 1.165) is 11.3 Å². The number of benzene rings is 2. The lowest BCUT2D eigenvalue weighted by molar-refractivity contribution is -0.133. The molecule has 0 spiro atoms. The number of hydrogen-bond donors (Lipinski definition) is 0. The fraction of sp³-hybridized carbons (Fsp3) is 0.318. The quantitative estimate of drug-likeness (QED) is 0.733. The lowest BCUT2D eigenvalue weighted by atomic mass is 10.2. The van der Waals surface area contributed by atoms with Crippen LogP contribution in [-0.2, 0) is 4.79 Å². The van der Waals surface area contributed by atoms with Crippen LogP contribution >= 0.6 is 0 Å². The van der Waals surface area contributed by atoms with Crippen molar-refractivity contribution in [3.8, 4) is 23.0 Å². The molecular formula is C22H25NO5. The van der Waals surface area contributed by atoms with Crippen LogP contribution in [0.15, 0.2) is 48.5 Å². The van der Waals surface area contributed by atoms with E-state index in [1.807, 2.05) is 55.5 Å². The standard InChI is InChI=1S/C22H25NO5/c1-4-7-16-10-11-19(21(12-16)25-3)27-15-22(24)23(2)13-17-14-26-18-8-5-6-9-20(18)28-17/h4-12,17H,13-15H2,1-3H3. The largest absolute Gasteiger partial charge is 0.493 e. The molecular weight excluding hydrogens is 358 g/mol. The molecule has 6 heteroatoms. The van der Waals surface area contributed by atoms with Crippen molar-refractivity contribution in [2.45, 2.75) is 13.0 Å². The van der Waals surface area contributed by atoms with Gasteiger partial charge in [0.25, 0.3) is 5.91 Å². The molecule has 0 saturated heterocycles. The summed E-state index contributed by atoms with van der Waals surface area (Å²) >= 11 is 0. The number of carbonyl (C=O) groups is 1. The SMILES string of the molecule is CC=Cc1ccc(OCC(=O)N(C)CC2COc3ccccc3O2)c(OC)c1. The van der Waals surface area contributed by atoms with Gasteiger partial charge >= 0.3 is 0 Å². The van der Waals surface area contributed by atoms with Crippen LogP contribution in [0.1, 0.15) is 12.5 Å². The first-order chi connectivity index (χ1) is 13.6. The minimum Gasteiger partial charge on any atom is -0.493 e. The van der Waals surface area contributed by atoms with Crippen molar-refractivity contribution in [1.29, 1.82) is 0 Å². The molecule has 1 aliphatic heterocycles. The van der Waals surface area contributed by atoms with Crippen LogP contribution in [0.25, 0.3) is 6.08 Å². The van der Waals surface area contributed by atoms with Gasteiger partial charge in [-0.15, -0.1) is 0 Å². The van der Waals surface area contributed by atoms with Gasteiger partial charge in [-0.3, -0.25) is 4.79 Å². The van der Waals surface area contributed by atoms with Gasteiger partial charge < -0.3 is 23.8 Å². The molecule has 1 atom stereocenters. The number of likely N-dealkylation sites (N-methyl/N-ethyl adjacent to an activating group) is 1. The highest BCUT2D eigenvalue weighted by Gasteiger charge is 2.24. The maximum absolute atomic E-state index is 12.5. The zero-order valence-electron chi connectivity index (χ0n) is 16.4. The molecule has 3 rings (SSSR count).